The number of nitrogens with one attached hydrogen (secondary N) is 2. The van der Waals surface area contributed by atoms with E-state index < -0.39 is 24.8 Å². The molecule has 19 heavy (non-hydrogen) atoms. The summed E-state index contributed by atoms with van der Waals surface area (Å²) in [6.45, 7) is 0.881. The standard InChI is InChI=1S/C10H13F4N3OS/c1-2-16-8(18)7-5(15)3-6(19-7)17-4-10(13,14)9(11)12/h3,9,17H,2,4,15H2,1H3,(H,16,18). The first-order chi connectivity index (χ1) is 8.77. The van der Waals surface area contributed by atoms with Crippen molar-refractivity contribution in [1.82, 2.24) is 5.32 Å². The summed E-state index contributed by atoms with van der Waals surface area (Å²) in [5, 5.41) is 4.79. The second kappa shape index (κ2) is 6.09. The van der Waals surface area contributed by atoms with Gasteiger partial charge in [0.05, 0.1) is 17.2 Å². The highest BCUT2D eigenvalue weighted by Crippen LogP contribution is 2.31. The van der Waals surface area contributed by atoms with Crippen LogP contribution in [0.25, 0.3) is 0 Å². The fraction of sp³-hybridized carbons (Fsp3) is 0.500. The van der Waals surface area contributed by atoms with Crippen molar-refractivity contribution < 1.29 is 22.4 Å². The number of hydrogen-bond acceptors (Lipinski definition) is 4. The van der Waals surface area contributed by atoms with Crippen LogP contribution in [0, 0.1) is 0 Å². The zero-order valence-corrected chi connectivity index (χ0v) is 10.8. The van der Waals surface area contributed by atoms with Crippen molar-refractivity contribution in [3.05, 3.63) is 10.9 Å². The van der Waals surface area contributed by atoms with Crippen molar-refractivity contribution >= 4 is 27.9 Å². The molecule has 4 nitrogen and oxygen atoms in total. The Bertz CT molecular complexity index is 450. The van der Waals surface area contributed by atoms with E-state index in [1.54, 1.807) is 6.92 Å². The number of amides is 1. The highest BCUT2D eigenvalue weighted by atomic mass is 32.1. The number of carbonyl (C=O) groups excluding carboxylic acids is 1. The minimum atomic E-state index is -4.13. The third kappa shape index (κ3) is 3.98. The molecule has 1 heterocycles. The molecule has 1 amide bonds. The van der Waals surface area contributed by atoms with E-state index in [1.165, 1.54) is 6.07 Å². The molecular formula is C10H13F4N3OS. The van der Waals surface area contributed by atoms with E-state index in [9.17, 15) is 22.4 Å². The van der Waals surface area contributed by atoms with E-state index in [0.717, 1.165) is 11.3 Å². The van der Waals surface area contributed by atoms with E-state index in [4.69, 9.17) is 5.73 Å². The third-order valence-electron chi connectivity index (χ3n) is 2.12. The van der Waals surface area contributed by atoms with Gasteiger partial charge in [-0.2, -0.15) is 8.78 Å². The number of hydrogen-bond donors (Lipinski definition) is 3. The molecule has 0 spiro atoms. The third-order valence-corrected chi connectivity index (χ3v) is 3.23. The summed E-state index contributed by atoms with van der Waals surface area (Å²) in [6.07, 6.45) is -3.75. The molecular weight excluding hydrogens is 286 g/mol. The lowest BCUT2D eigenvalue weighted by molar-refractivity contribution is -0.117. The molecule has 108 valence electrons. The molecule has 0 aliphatic heterocycles. The average Bonchev–Trinajstić information content (AvgIpc) is 2.68. The summed E-state index contributed by atoms with van der Waals surface area (Å²) in [6, 6.07) is 1.26. The first kappa shape index (κ1) is 15.5. The van der Waals surface area contributed by atoms with Crippen LogP contribution < -0.4 is 16.4 Å². The lowest BCUT2D eigenvalue weighted by Gasteiger charge is -2.15. The number of carbonyl (C=O) groups is 1. The van der Waals surface area contributed by atoms with Crippen LogP contribution in [0.3, 0.4) is 0 Å². The summed E-state index contributed by atoms with van der Waals surface area (Å²) >= 11 is 0.834. The van der Waals surface area contributed by atoms with E-state index in [1.807, 2.05) is 0 Å². The van der Waals surface area contributed by atoms with Crippen LogP contribution in [0.2, 0.25) is 0 Å². The van der Waals surface area contributed by atoms with Gasteiger partial charge in [-0.15, -0.1) is 11.3 Å². The molecule has 0 atom stereocenters. The summed E-state index contributed by atoms with van der Waals surface area (Å²) in [5.74, 6) is -4.57. The lowest BCUT2D eigenvalue weighted by atomic mass is 10.3. The molecule has 9 heteroatoms. The van der Waals surface area contributed by atoms with Gasteiger partial charge in [-0.25, -0.2) is 8.78 Å². The normalized spacial score (nSPS) is 11.7. The summed E-state index contributed by atoms with van der Waals surface area (Å²) in [5.41, 5.74) is 5.66. The Balaban J connectivity index is 2.72. The highest BCUT2D eigenvalue weighted by molar-refractivity contribution is 7.18. The first-order valence-electron chi connectivity index (χ1n) is 5.35. The van der Waals surface area contributed by atoms with Gasteiger partial charge < -0.3 is 16.4 Å². The Morgan fingerprint density at radius 2 is 2.16 bits per heavy atom. The number of thiophene rings is 1. The molecule has 0 aromatic carbocycles. The Morgan fingerprint density at radius 3 is 2.68 bits per heavy atom. The van der Waals surface area contributed by atoms with E-state index in [2.05, 4.69) is 10.6 Å². The Morgan fingerprint density at radius 1 is 1.53 bits per heavy atom. The van der Waals surface area contributed by atoms with Gasteiger partial charge in [-0.3, -0.25) is 4.79 Å². The van der Waals surface area contributed by atoms with E-state index >= 15 is 0 Å². The Hall–Kier alpha value is -1.51. The van der Waals surface area contributed by atoms with Gasteiger partial charge in [-0.1, -0.05) is 0 Å². The summed E-state index contributed by atoms with van der Waals surface area (Å²) in [4.78, 5) is 11.7. The number of anilines is 2. The van der Waals surface area contributed by atoms with Gasteiger partial charge in [0, 0.05) is 6.54 Å². The molecule has 1 aromatic heterocycles. The Kier molecular flexibility index (Phi) is 4.98. The van der Waals surface area contributed by atoms with Gasteiger partial charge in [-0.05, 0) is 13.0 Å². The molecule has 0 saturated heterocycles. The molecule has 0 saturated carbocycles. The van der Waals surface area contributed by atoms with Gasteiger partial charge in [0.1, 0.15) is 4.88 Å². The van der Waals surface area contributed by atoms with Crippen molar-refractivity contribution in [3.8, 4) is 0 Å². The van der Waals surface area contributed by atoms with Crippen molar-refractivity contribution in [2.75, 3.05) is 24.1 Å². The molecule has 0 aliphatic rings. The van der Waals surface area contributed by atoms with Crippen LogP contribution in [-0.2, 0) is 0 Å². The van der Waals surface area contributed by atoms with Gasteiger partial charge in [0.15, 0.2) is 0 Å². The first-order valence-corrected chi connectivity index (χ1v) is 6.17. The second-order valence-corrected chi connectivity index (χ2v) is 4.72. The van der Waals surface area contributed by atoms with Crippen LogP contribution in [0.15, 0.2) is 6.07 Å². The van der Waals surface area contributed by atoms with Crippen molar-refractivity contribution in [2.24, 2.45) is 0 Å². The van der Waals surface area contributed by atoms with Crippen molar-refractivity contribution in [3.63, 3.8) is 0 Å². The predicted octanol–water partition coefficient (Wildman–Crippen LogP) is 2.39. The number of rotatable bonds is 6. The molecule has 0 aliphatic carbocycles. The largest absolute Gasteiger partial charge is 0.397 e. The summed E-state index contributed by atoms with van der Waals surface area (Å²) in [7, 11) is 0. The quantitative estimate of drug-likeness (QED) is 0.707. The molecule has 1 rings (SSSR count). The summed E-state index contributed by atoms with van der Waals surface area (Å²) < 4.78 is 49.3. The SMILES string of the molecule is CCNC(=O)c1sc(NCC(F)(F)C(F)F)cc1N. The minimum Gasteiger partial charge on any atom is -0.397 e. The lowest BCUT2D eigenvalue weighted by Crippen LogP contribution is -2.34. The number of halogens is 4. The van der Waals surface area contributed by atoms with E-state index in [-0.39, 0.29) is 15.6 Å². The fourth-order valence-electron chi connectivity index (χ4n) is 1.19. The smallest absolute Gasteiger partial charge is 0.324 e. The molecule has 0 fully saturated rings. The topological polar surface area (TPSA) is 67.2 Å². The van der Waals surface area contributed by atoms with Crippen LogP contribution in [-0.4, -0.2) is 31.3 Å². The highest BCUT2D eigenvalue weighted by Gasteiger charge is 2.40. The fourth-order valence-corrected chi connectivity index (χ4v) is 2.08. The van der Waals surface area contributed by atoms with Crippen molar-refractivity contribution in [1.29, 1.82) is 0 Å². The van der Waals surface area contributed by atoms with Crippen LogP contribution in [0.4, 0.5) is 28.3 Å². The maximum absolute atomic E-state index is 12.7. The van der Waals surface area contributed by atoms with Crippen LogP contribution in [0.5, 0.6) is 0 Å². The van der Waals surface area contributed by atoms with Crippen LogP contribution in [0.1, 0.15) is 16.6 Å². The zero-order valence-electron chi connectivity index (χ0n) is 9.97. The molecule has 0 bridgehead atoms. The van der Waals surface area contributed by atoms with Gasteiger partial charge >= 0.3 is 12.3 Å². The molecule has 0 unspecified atom stereocenters. The number of nitrogen functional groups attached to an aromatic ring is 1. The maximum Gasteiger partial charge on any atom is 0.324 e. The Labute approximate surface area is 111 Å². The molecule has 0 radical (unpaired) electrons. The minimum absolute atomic E-state index is 0.110. The van der Waals surface area contributed by atoms with Gasteiger partial charge in [0.25, 0.3) is 5.91 Å². The maximum atomic E-state index is 12.7. The second-order valence-electron chi connectivity index (χ2n) is 3.67. The predicted molar refractivity (Wildman–Crippen MR) is 66.2 cm³/mol. The molecule has 4 N–H and O–H groups in total. The average molecular weight is 299 g/mol. The monoisotopic (exact) mass is 299 g/mol. The van der Waals surface area contributed by atoms with E-state index in [0.29, 0.717) is 6.54 Å². The number of nitrogens with two attached hydrogens (primary N) is 1. The number of alkyl halides is 4. The zero-order chi connectivity index (χ0) is 14.6. The molecule has 1 aromatic rings. The van der Waals surface area contributed by atoms with Crippen molar-refractivity contribution in [2.45, 2.75) is 19.3 Å². The van der Waals surface area contributed by atoms with Crippen LogP contribution >= 0.6 is 11.3 Å². The van der Waals surface area contributed by atoms with Gasteiger partial charge in [0.2, 0.25) is 0 Å².